The number of nitrogens with zero attached hydrogens (tertiary/aromatic N) is 3. The number of hydrogen-bond acceptors (Lipinski definition) is 3. The zero-order valence-corrected chi connectivity index (χ0v) is 11.6. The first kappa shape index (κ1) is 13.6. The summed E-state index contributed by atoms with van der Waals surface area (Å²) in [4.78, 5) is 0. The van der Waals surface area contributed by atoms with E-state index in [0.717, 1.165) is 16.8 Å². The van der Waals surface area contributed by atoms with Gasteiger partial charge >= 0.3 is 0 Å². The average molecular weight is 275 g/mol. The second-order valence-corrected chi connectivity index (χ2v) is 4.86. The van der Waals surface area contributed by atoms with Gasteiger partial charge in [-0.3, -0.25) is 4.68 Å². The maximum atomic E-state index is 8.95. The van der Waals surface area contributed by atoms with E-state index in [1.807, 2.05) is 36.9 Å². The number of rotatable bonds is 3. The molecule has 0 fully saturated rings. The Morgan fingerprint density at radius 1 is 1.47 bits per heavy atom. The molecule has 19 heavy (non-hydrogen) atoms. The van der Waals surface area contributed by atoms with E-state index in [4.69, 9.17) is 22.6 Å². The largest absolute Gasteiger partial charge is 0.328 e. The molecule has 0 aliphatic heterocycles. The zero-order valence-electron chi connectivity index (χ0n) is 10.9. The lowest BCUT2D eigenvalue weighted by molar-refractivity contribution is 0.502. The summed E-state index contributed by atoms with van der Waals surface area (Å²) in [6, 6.07) is 7.75. The number of halogens is 1. The maximum absolute atomic E-state index is 8.95. The minimum absolute atomic E-state index is 0.155. The highest BCUT2D eigenvalue weighted by Crippen LogP contribution is 2.30. The molecule has 0 spiro atoms. The summed E-state index contributed by atoms with van der Waals surface area (Å²) in [6.07, 6.45) is 1.90. The fourth-order valence-electron chi connectivity index (χ4n) is 1.88. The Kier molecular flexibility index (Phi) is 3.89. The molecule has 2 aromatic rings. The standard InChI is InChI=1S/C14H15ClN4/c1-9(7-16)19-6-5-13(18-19)12-4-3-11(8-17)14(15)10(12)2/h3-6,9H,7,16H2,1-2H3/t9-/m0/s1. The van der Waals surface area contributed by atoms with Gasteiger partial charge in [0.1, 0.15) is 6.07 Å². The van der Waals surface area contributed by atoms with Crippen LogP contribution in [0.4, 0.5) is 0 Å². The monoisotopic (exact) mass is 274 g/mol. The van der Waals surface area contributed by atoms with Crippen molar-refractivity contribution in [2.24, 2.45) is 5.73 Å². The maximum Gasteiger partial charge on any atom is 0.101 e. The quantitative estimate of drug-likeness (QED) is 0.936. The van der Waals surface area contributed by atoms with Crippen LogP contribution in [0.5, 0.6) is 0 Å². The van der Waals surface area contributed by atoms with Gasteiger partial charge in [0, 0.05) is 18.3 Å². The van der Waals surface area contributed by atoms with Gasteiger partial charge < -0.3 is 5.73 Å². The summed E-state index contributed by atoms with van der Waals surface area (Å²) in [6.45, 7) is 4.44. The van der Waals surface area contributed by atoms with Crippen molar-refractivity contribution in [3.8, 4) is 17.3 Å². The highest BCUT2D eigenvalue weighted by Gasteiger charge is 2.12. The molecule has 2 N–H and O–H groups in total. The Labute approximate surface area is 117 Å². The first-order valence-electron chi connectivity index (χ1n) is 6.03. The third-order valence-corrected chi connectivity index (χ3v) is 3.67. The molecular formula is C14H15ClN4. The number of nitriles is 1. The van der Waals surface area contributed by atoms with Crippen molar-refractivity contribution in [2.45, 2.75) is 19.9 Å². The van der Waals surface area contributed by atoms with E-state index >= 15 is 0 Å². The molecule has 0 aliphatic carbocycles. The smallest absolute Gasteiger partial charge is 0.101 e. The summed E-state index contributed by atoms with van der Waals surface area (Å²) >= 11 is 6.17. The number of benzene rings is 1. The molecule has 4 nitrogen and oxygen atoms in total. The number of nitrogens with two attached hydrogens (primary N) is 1. The van der Waals surface area contributed by atoms with Crippen molar-refractivity contribution in [3.05, 3.63) is 40.5 Å². The molecule has 0 amide bonds. The fraction of sp³-hybridized carbons (Fsp3) is 0.286. The van der Waals surface area contributed by atoms with Crippen LogP contribution in [0.3, 0.4) is 0 Å². The van der Waals surface area contributed by atoms with Crippen LogP contribution in [-0.4, -0.2) is 16.3 Å². The van der Waals surface area contributed by atoms with Crippen LogP contribution in [0.15, 0.2) is 24.4 Å². The van der Waals surface area contributed by atoms with E-state index in [0.29, 0.717) is 17.1 Å². The van der Waals surface area contributed by atoms with E-state index in [1.165, 1.54) is 0 Å². The van der Waals surface area contributed by atoms with Crippen molar-refractivity contribution < 1.29 is 0 Å². The van der Waals surface area contributed by atoms with E-state index in [2.05, 4.69) is 11.2 Å². The van der Waals surface area contributed by atoms with Gasteiger partial charge in [0.15, 0.2) is 0 Å². The number of hydrogen-bond donors (Lipinski definition) is 1. The predicted octanol–water partition coefficient (Wildman–Crippen LogP) is 2.90. The molecule has 2 rings (SSSR count). The predicted molar refractivity (Wildman–Crippen MR) is 75.9 cm³/mol. The van der Waals surface area contributed by atoms with Crippen molar-refractivity contribution >= 4 is 11.6 Å². The molecule has 0 saturated carbocycles. The Balaban J connectivity index is 2.46. The van der Waals surface area contributed by atoms with Gasteiger partial charge in [0.25, 0.3) is 0 Å². The Hall–Kier alpha value is -1.83. The molecule has 0 unspecified atom stereocenters. The van der Waals surface area contributed by atoms with Gasteiger partial charge in [-0.25, -0.2) is 0 Å². The highest BCUT2D eigenvalue weighted by molar-refractivity contribution is 6.32. The SMILES string of the molecule is Cc1c(-c2ccn([C@@H](C)CN)n2)ccc(C#N)c1Cl. The van der Waals surface area contributed by atoms with Crippen molar-refractivity contribution in [3.63, 3.8) is 0 Å². The lowest BCUT2D eigenvalue weighted by Crippen LogP contribution is -2.16. The van der Waals surface area contributed by atoms with E-state index in [-0.39, 0.29) is 6.04 Å². The number of aromatic nitrogens is 2. The first-order valence-corrected chi connectivity index (χ1v) is 6.41. The summed E-state index contributed by atoms with van der Waals surface area (Å²) in [5.74, 6) is 0. The third-order valence-electron chi connectivity index (χ3n) is 3.18. The normalized spacial score (nSPS) is 12.2. The van der Waals surface area contributed by atoms with Gasteiger partial charge in [0.05, 0.1) is 22.3 Å². The van der Waals surface area contributed by atoms with E-state index in [1.54, 1.807) is 6.07 Å². The first-order chi connectivity index (χ1) is 9.08. The Bertz CT molecular complexity index is 639. The molecule has 98 valence electrons. The molecule has 5 heteroatoms. The molecule has 1 aromatic heterocycles. The van der Waals surface area contributed by atoms with E-state index < -0.39 is 0 Å². The Morgan fingerprint density at radius 2 is 2.21 bits per heavy atom. The van der Waals surface area contributed by atoms with Gasteiger partial charge in [-0.2, -0.15) is 10.4 Å². The second-order valence-electron chi connectivity index (χ2n) is 4.48. The molecule has 0 bridgehead atoms. The van der Waals surface area contributed by atoms with Gasteiger partial charge in [-0.05, 0) is 31.5 Å². The van der Waals surface area contributed by atoms with Gasteiger partial charge in [-0.1, -0.05) is 17.7 Å². The van der Waals surface area contributed by atoms with Gasteiger partial charge in [0.2, 0.25) is 0 Å². The summed E-state index contributed by atoms with van der Waals surface area (Å²) in [5.41, 5.74) is 8.75. The molecule has 1 heterocycles. The van der Waals surface area contributed by atoms with Crippen LogP contribution in [0.2, 0.25) is 5.02 Å². The van der Waals surface area contributed by atoms with Gasteiger partial charge in [-0.15, -0.1) is 0 Å². The molecule has 0 saturated heterocycles. The van der Waals surface area contributed by atoms with Crippen LogP contribution in [-0.2, 0) is 0 Å². The van der Waals surface area contributed by atoms with E-state index in [9.17, 15) is 0 Å². The second kappa shape index (κ2) is 5.43. The van der Waals surface area contributed by atoms with Crippen molar-refractivity contribution in [1.82, 2.24) is 9.78 Å². The Morgan fingerprint density at radius 3 is 2.84 bits per heavy atom. The van der Waals surface area contributed by atoms with Crippen LogP contribution in [0.25, 0.3) is 11.3 Å². The fourth-order valence-corrected chi connectivity index (χ4v) is 2.09. The molecule has 1 atom stereocenters. The lowest BCUT2D eigenvalue weighted by atomic mass is 10.0. The summed E-state index contributed by atoms with van der Waals surface area (Å²) in [7, 11) is 0. The van der Waals surface area contributed by atoms with Crippen LogP contribution < -0.4 is 5.73 Å². The topological polar surface area (TPSA) is 67.6 Å². The minimum Gasteiger partial charge on any atom is -0.328 e. The molecule has 1 aromatic carbocycles. The minimum atomic E-state index is 0.155. The van der Waals surface area contributed by atoms with Crippen molar-refractivity contribution in [1.29, 1.82) is 5.26 Å². The average Bonchev–Trinajstić information content (AvgIpc) is 2.90. The van der Waals surface area contributed by atoms with Crippen LogP contribution in [0.1, 0.15) is 24.1 Å². The lowest BCUT2D eigenvalue weighted by Gasteiger charge is -2.09. The summed E-state index contributed by atoms with van der Waals surface area (Å²) < 4.78 is 1.83. The van der Waals surface area contributed by atoms with Crippen molar-refractivity contribution in [2.75, 3.05) is 6.54 Å². The zero-order chi connectivity index (χ0) is 14.0. The molecular weight excluding hydrogens is 260 g/mol. The summed E-state index contributed by atoms with van der Waals surface area (Å²) in [5, 5.41) is 13.9. The third kappa shape index (κ3) is 2.48. The molecule has 0 aliphatic rings. The highest BCUT2D eigenvalue weighted by atomic mass is 35.5. The molecule has 0 radical (unpaired) electrons. The van der Waals surface area contributed by atoms with Crippen LogP contribution in [0, 0.1) is 18.3 Å². The van der Waals surface area contributed by atoms with Crippen LogP contribution >= 0.6 is 11.6 Å².